The van der Waals surface area contributed by atoms with Gasteiger partial charge < -0.3 is 25.6 Å². The van der Waals surface area contributed by atoms with E-state index in [-0.39, 0.29) is 13.0 Å². The number of nitrogens with one attached hydrogen (secondary N) is 4. The average Bonchev–Trinajstić information content (AvgIpc) is 2.72. The van der Waals surface area contributed by atoms with E-state index in [4.69, 9.17) is 5.11 Å². The van der Waals surface area contributed by atoms with Crippen LogP contribution in [0.5, 0.6) is 0 Å². The lowest BCUT2D eigenvalue weighted by Crippen LogP contribution is -2.59. The number of carbonyl (C=O) groups excluding carboxylic acids is 2. The van der Waals surface area contributed by atoms with E-state index in [2.05, 4.69) is 48.8 Å². The van der Waals surface area contributed by atoms with Crippen molar-refractivity contribution in [3.8, 4) is 0 Å². The van der Waals surface area contributed by atoms with E-state index in [1.165, 1.54) is 13.8 Å². The smallest absolute Gasteiger partial charge is 0.407 e. The van der Waals surface area contributed by atoms with Crippen molar-refractivity contribution in [2.45, 2.75) is 38.5 Å². The molecule has 0 heterocycles. The van der Waals surface area contributed by atoms with Crippen molar-refractivity contribution in [1.29, 1.82) is 0 Å². The Bertz CT molecular complexity index is 749. The number of rotatable bonds is 11. The molecule has 12 heteroatoms. The van der Waals surface area contributed by atoms with Gasteiger partial charge in [0.15, 0.2) is 0 Å². The van der Waals surface area contributed by atoms with Gasteiger partial charge >= 0.3 is 12.2 Å². The van der Waals surface area contributed by atoms with Crippen molar-refractivity contribution in [3.63, 3.8) is 0 Å². The summed E-state index contributed by atoms with van der Waals surface area (Å²) in [6.45, 7) is 1.81. The predicted octanol–water partition coefficient (Wildman–Crippen LogP) is 1.17. The topological polar surface area (TPSA) is 149 Å². The molecule has 0 fully saturated rings. The molecule has 0 saturated carbocycles. The minimum atomic E-state index is -1.30. The first kappa shape index (κ1) is 26.8. The minimum Gasteiger partial charge on any atom is -0.465 e. The van der Waals surface area contributed by atoms with Gasteiger partial charge in [-0.15, -0.1) is 0 Å². The molecule has 10 nitrogen and oxygen atoms in total. The van der Waals surface area contributed by atoms with Gasteiger partial charge in [-0.3, -0.25) is 14.6 Å². The molecule has 0 radical (unpaired) electrons. The number of halogens is 2. The molecular formula is C19H28FIN4O6. The molecule has 6 N–H and O–H groups in total. The zero-order valence-corrected chi connectivity index (χ0v) is 19.6. The fraction of sp³-hybridized carbons (Fsp3) is 0.526. The third kappa shape index (κ3) is 9.23. The van der Waals surface area contributed by atoms with Gasteiger partial charge in [0.2, 0.25) is 0 Å². The van der Waals surface area contributed by atoms with Gasteiger partial charge in [0.05, 0.1) is 25.9 Å². The lowest BCUT2D eigenvalue weighted by Gasteiger charge is -2.31. The number of hydrazine groups is 1. The number of carboxylic acid groups (broad SMARTS) is 1. The summed E-state index contributed by atoms with van der Waals surface area (Å²) in [5, 5.41) is 24.0. The number of alkyl carbamates (subject to hydrolysis) is 1. The van der Waals surface area contributed by atoms with Gasteiger partial charge in [0.25, 0.3) is 5.91 Å². The highest BCUT2D eigenvalue weighted by Gasteiger charge is 2.37. The first-order chi connectivity index (χ1) is 14.5. The zero-order chi connectivity index (χ0) is 23.6. The molecule has 0 saturated heterocycles. The Morgan fingerprint density at radius 2 is 1.81 bits per heavy atom. The quantitative estimate of drug-likeness (QED) is 0.178. The highest BCUT2D eigenvalue weighted by molar-refractivity contribution is 14.1. The lowest BCUT2D eigenvalue weighted by atomic mass is 9.85. The Balaban J connectivity index is 2.73. The minimum absolute atomic E-state index is 0.206. The number of carbonyl (C=O) groups is 3. The van der Waals surface area contributed by atoms with Crippen LogP contribution < -0.4 is 21.5 Å². The second-order valence-electron chi connectivity index (χ2n) is 7.52. The van der Waals surface area contributed by atoms with E-state index in [1.807, 2.05) is 24.3 Å². The first-order valence-electron chi connectivity index (χ1n) is 9.35. The molecule has 0 aliphatic heterocycles. The molecule has 0 bridgehead atoms. The fourth-order valence-electron chi connectivity index (χ4n) is 2.64. The van der Waals surface area contributed by atoms with Crippen molar-refractivity contribution >= 4 is 40.7 Å². The molecule has 0 aliphatic carbocycles. The summed E-state index contributed by atoms with van der Waals surface area (Å²) >= 11 is 2.14. The molecule has 1 unspecified atom stereocenters. The van der Waals surface area contributed by atoms with E-state index < -0.39 is 48.4 Å². The van der Waals surface area contributed by atoms with Gasteiger partial charge in [-0.1, -0.05) is 26.0 Å². The molecular weight excluding hydrogens is 526 g/mol. The molecule has 1 rings (SSSR count). The number of methoxy groups -OCH3 is 1. The summed E-state index contributed by atoms with van der Waals surface area (Å²) in [4.78, 5) is 35.1. The Morgan fingerprint density at radius 1 is 1.19 bits per heavy atom. The monoisotopic (exact) mass is 554 g/mol. The highest BCUT2D eigenvalue weighted by Crippen LogP contribution is 2.21. The van der Waals surface area contributed by atoms with Gasteiger partial charge in [0, 0.05) is 15.5 Å². The summed E-state index contributed by atoms with van der Waals surface area (Å²) in [5.74, 6) is -0.749. The Hall–Kier alpha value is -2.19. The fourth-order valence-corrected chi connectivity index (χ4v) is 3.00. The summed E-state index contributed by atoms with van der Waals surface area (Å²) < 4.78 is 18.8. The van der Waals surface area contributed by atoms with Crippen molar-refractivity contribution in [3.05, 3.63) is 33.4 Å². The zero-order valence-electron chi connectivity index (χ0n) is 17.4. The van der Waals surface area contributed by atoms with Gasteiger partial charge in [-0.05, 0) is 46.7 Å². The van der Waals surface area contributed by atoms with Crippen LogP contribution in [0.4, 0.5) is 14.0 Å². The van der Waals surface area contributed by atoms with Crippen LogP contribution in [0.2, 0.25) is 0 Å². The number of aliphatic hydroxyl groups is 1. The van der Waals surface area contributed by atoms with E-state index >= 15 is 0 Å². The van der Waals surface area contributed by atoms with Crippen LogP contribution in [-0.4, -0.2) is 66.8 Å². The second kappa shape index (κ2) is 12.6. The SMILES string of the molecule is COC(=O)NC(C(=O)NNC[C@H](O)[C@H](Cc1ccc(I)cc1)NC(=O)O)C(C)(C)CF. The van der Waals surface area contributed by atoms with Crippen LogP contribution in [0, 0.1) is 8.99 Å². The van der Waals surface area contributed by atoms with E-state index in [0.717, 1.165) is 16.2 Å². The van der Waals surface area contributed by atoms with Gasteiger partial charge in [0.1, 0.15) is 6.04 Å². The first-order valence-corrected chi connectivity index (χ1v) is 10.4. The van der Waals surface area contributed by atoms with E-state index in [0.29, 0.717) is 0 Å². The molecule has 0 spiro atoms. The summed E-state index contributed by atoms with van der Waals surface area (Å²) in [5.41, 5.74) is 4.39. The van der Waals surface area contributed by atoms with Gasteiger partial charge in [-0.25, -0.2) is 15.0 Å². The van der Waals surface area contributed by atoms with Crippen LogP contribution in [-0.2, 0) is 16.0 Å². The summed E-state index contributed by atoms with van der Waals surface area (Å²) in [7, 11) is 1.12. The van der Waals surface area contributed by atoms with E-state index in [1.54, 1.807) is 0 Å². The number of alkyl halides is 1. The number of aliphatic hydroxyl groups excluding tert-OH is 1. The number of ether oxygens (including phenoxy) is 1. The molecule has 1 aromatic carbocycles. The highest BCUT2D eigenvalue weighted by atomic mass is 127. The maximum Gasteiger partial charge on any atom is 0.407 e. The standard InChI is InChI=1S/C19H28FIN4O6/c1-19(2,10-20)15(24-18(30)31-3)16(27)25-22-9-14(26)13(23-17(28)29)8-11-4-6-12(21)7-5-11/h4-7,13-15,22-23,26H,8-10H2,1-3H3,(H,24,30)(H,25,27)(H,28,29)/t13-,14-,15?/m0/s1. The Kier molecular flexibility index (Phi) is 10.9. The Labute approximate surface area is 193 Å². The van der Waals surface area contributed by atoms with Crippen LogP contribution in [0.3, 0.4) is 0 Å². The number of hydrogen-bond donors (Lipinski definition) is 6. The van der Waals surface area contributed by atoms with Crippen LogP contribution in [0.15, 0.2) is 24.3 Å². The Morgan fingerprint density at radius 3 is 2.32 bits per heavy atom. The largest absolute Gasteiger partial charge is 0.465 e. The summed E-state index contributed by atoms with van der Waals surface area (Å²) in [6, 6.07) is 5.26. The summed E-state index contributed by atoms with van der Waals surface area (Å²) in [6.07, 6.45) is -3.17. The number of hydrogen-bond acceptors (Lipinski definition) is 6. The second-order valence-corrected chi connectivity index (χ2v) is 8.76. The van der Waals surface area contributed by atoms with Crippen molar-refractivity contribution < 1.29 is 33.7 Å². The maximum absolute atomic E-state index is 13.3. The molecule has 174 valence electrons. The molecule has 3 amide bonds. The van der Waals surface area contributed by atoms with Crippen molar-refractivity contribution in [2.24, 2.45) is 5.41 Å². The molecule has 31 heavy (non-hydrogen) atoms. The van der Waals surface area contributed by atoms with E-state index in [9.17, 15) is 23.9 Å². The third-order valence-electron chi connectivity index (χ3n) is 4.50. The molecule has 1 aromatic rings. The maximum atomic E-state index is 13.3. The normalized spacial score (nSPS) is 14.1. The predicted molar refractivity (Wildman–Crippen MR) is 119 cm³/mol. The van der Waals surface area contributed by atoms with Gasteiger partial charge in [-0.2, -0.15) is 0 Å². The molecule has 0 aliphatic rings. The molecule has 0 aromatic heterocycles. The third-order valence-corrected chi connectivity index (χ3v) is 5.22. The van der Waals surface area contributed by atoms with Crippen molar-refractivity contribution in [1.82, 2.24) is 21.5 Å². The number of benzene rings is 1. The average molecular weight is 554 g/mol. The van der Waals surface area contributed by atoms with Crippen LogP contribution >= 0.6 is 22.6 Å². The number of amides is 3. The van der Waals surface area contributed by atoms with Crippen molar-refractivity contribution in [2.75, 3.05) is 20.3 Å². The molecule has 3 atom stereocenters. The van der Waals surface area contributed by atoms with Crippen LogP contribution in [0.1, 0.15) is 19.4 Å². The lowest BCUT2D eigenvalue weighted by molar-refractivity contribution is -0.127. The van der Waals surface area contributed by atoms with Crippen LogP contribution in [0.25, 0.3) is 0 Å².